The molecule has 1 aromatic heterocycles. The van der Waals surface area contributed by atoms with Crippen LogP contribution in [0.5, 0.6) is 0 Å². The molecule has 0 radical (unpaired) electrons. The predicted octanol–water partition coefficient (Wildman–Crippen LogP) is 17.0. The zero-order valence-electron chi connectivity index (χ0n) is 32.9. The van der Waals surface area contributed by atoms with E-state index in [0.29, 0.717) is 0 Å². The maximum atomic E-state index is 2.41. The molecule has 0 fully saturated rings. The van der Waals surface area contributed by atoms with Crippen molar-refractivity contribution in [1.29, 1.82) is 0 Å². The number of hydrogen-bond donors (Lipinski definition) is 0. The van der Waals surface area contributed by atoms with Gasteiger partial charge in [0.2, 0.25) is 0 Å². The first kappa shape index (κ1) is 35.6. The van der Waals surface area contributed by atoms with Gasteiger partial charge in [0, 0.05) is 37.1 Å². The Morgan fingerprint density at radius 2 is 0.750 bits per heavy atom. The molecule has 1 nitrogen and oxygen atoms in total. The normalized spacial score (nSPS) is 11.3. The van der Waals surface area contributed by atoms with Crippen molar-refractivity contribution in [2.75, 3.05) is 4.90 Å². The summed E-state index contributed by atoms with van der Waals surface area (Å²) in [6.07, 6.45) is 0. The van der Waals surface area contributed by atoms with Crippen molar-refractivity contribution in [3.63, 3.8) is 0 Å². The Balaban J connectivity index is 1.01. The van der Waals surface area contributed by atoms with Crippen LogP contribution < -0.4 is 4.90 Å². The number of fused-ring (bicyclic) bond motifs is 4. The number of nitrogens with zero attached hydrogens (tertiary/aromatic N) is 1. The Kier molecular flexibility index (Phi) is 9.11. The number of anilines is 3. The van der Waals surface area contributed by atoms with E-state index in [-0.39, 0.29) is 0 Å². The summed E-state index contributed by atoms with van der Waals surface area (Å²) in [5.41, 5.74) is 15.4. The fourth-order valence-corrected chi connectivity index (χ4v) is 9.83. The largest absolute Gasteiger partial charge is 0.310 e. The van der Waals surface area contributed by atoms with Crippen molar-refractivity contribution in [3.8, 4) is 55.6 Å². The van der Waals surface area contributed by atoms with E-state index in [9.17, 15) is 0 Å². The lowest BCUT2D eigenvalue weighted by molar-refractivity contribution is 1.28. The van der Waals surface area contributed by atoms with Crippen molar-refractivity contribution < 1.29 is 0 Å². The molecule has 0 saturated carbocycles. The predicted molar refractivity (Wildman–Crippen MR) is 259 cm³/mol. The molecule has 0 amide bonds. The van der Waals surface area contributed by atoms with Crippen molar-refractivity contribution in [3.05, 3.63) is 237 Å². The molecule has 0 saturated heterocycles. The molecule has 0 unspecified atom stereocenters. The van der Waals surface area contributed by atoms with Gasteiger partial charge in [-0.15, -0.1) is 11.3 Å². The van der Waals surface area contributed by atoms with E-state index < -0.39 is 0 Å². The van der Waals surface area contributed by atoms with Crippen molar-refractivity contribution in [2.24, 2.45) is 0 Å². The first-order valence-corrected chi connectivity index (χ1v) is 21.3. The first-order valence-electron chi connectivity index (χ1n) is 20.5. The minimum absolute atomic E-state index is 1.09. The van der Waals surface area contributed by atoms with Gasteiger partial charge in [-0.25, -0.2) is 0 Å². The minimum atomic E-state index is 1.09. The quantitative estimate of drug-likeness (QED) is 0.148. The van der Waals surface area contributed by atoms with Crippen LogP contribution in [0.25, 0.3) is 86.6 Å². The molecule has 0 N–H and O–H groups in total. The van der Waals surface area contributed by atoms with E-state index >= 15 is 0 Å². The lowest BCUT2D eigenvalue weighted by Crippen LogP contribution is -2.11. The smallest absolute Gasteiger partial charge is 0.0540 e. The molecule has 60 heavy (non-hydrogen) atoms. The Bertz CT molecular complexity index is 3280. The topological polar surface area (TPSA) is 3.24 Å². The van der Waals surface area contributed by atoms with E-state index in [2.05, 4.69) is 241 Å². The number of benzene rings is 10. The average molecular weight is 782 g/mol. The van der Waals surface area contributed by atoms with Crippen LogP contribution in [-0.4, -0.2) is 0 Å². The summed E-state index contributed by atoms with van der Waals surface area (Å²) in [5.74, 6) is 0. The summed E-state index contributed by atoms with van der Waals surface area (Å²) < 4.78 is 2.62. The molecule has 10 aromatic carbocycles. The lowest BCUT2D eigenvalue weighted by atomic mass is 9.91. The highest BCUT2D eigenvalue weighted by molar-refractivity contribution is 7.25. The Morgan fingerprint density at radius 1 is 0.267 bits per heavy atom. The fraction of sp³-hybridized carbons (Fsp3) is 0. The SMILES string of the molecule is c1ccc(-c2ccc(-c3ccc(N(c4ccc(-c5ccccc5-c5cccc6ccccc56)cc4)c4ccccc4-c4ccc5sc6ccccc6c5c4)cc3)cc2)cc1. The van der Waals surface area contributed by atoms with Crippen LogP contribution in [0.2, 0.25) is 0 Å². The van der Waals surface area contributed by atoms with Gasteiger partial charge in [-0.1, -0.05) is 188 Å². The maximum absolute atomic E-state index is 2.41. The van der Waals surface area contributed by atoms with E-state index in [4.69, 9.17) is 0 Å². The van der Waals surface area contributed by atoms with Crippen LogP contribution in [0, 0.1) is 0 Å². The molecular weight excluding hydrogens is 743 g/mol. The number of para-hydroxylation sites is 1. The van der Waals surface area contributed by atoms with Gasteiger partial charge in [0.15, 0.2) is 0 Å². The summed E-state index contributed by atoms with van der Waals surface area (Å²) in [6, 6.07) is 86.1. The monoisotopic (exact) mass is 781 g/mol. The third-order valence-electron chi connectivity index (χ3n) is 11.7. The van der Waals surface area contributed by atoms with Crippen molar-refractivity contribution >= 4 is 59.3 Å². The van der Waals surface area contributed by atoms with Crippen molar-refractivity contribution in [1.82, 2.24) is 0 Å². The molecule has 2 heteroatoms. The molecule has 0 bridgehead atoms. The van der Waals surface area contributed by atoms with E-state index in [1.807, 2.05) is 11.3 Å². The van der Waals surface area contributed by atoms with Gasteiger partial charge < -0.3 is 4.90 Å². The Hall–Kier alpha value is -7.52. The Morgan fingerprint density at radius 3 is 1.48 bits per heavy atom. The van der Waals surface area contributed by atoms with Gasteiger partial charge in [0.05, 0.1) is 5.69 Å². The molecular formula is C58H39NS. The van der Waals surface area contributed by atoms with Gasteiger partial charge >= 0.3 is 0 Å². The summed E-state index contributed by atoms with van der Waals surface area (Å²) in [6.45, 7) is 0. The number of hydrogen-bond acceptors (Lipinski definition) is 2. The molecule has 11 aromatic rings. The summed E-state index contributed by atoms with van der Waals surface area (Å²) in [7, 11) is 0. The van der Waals surface area contributed by atoms with Gasteiger partial charge in [0.25, 0.3) is 0 Å². The second-order valence-electron chi connectivity index (χ2n) is 15.3. The molecule has 0 aliphatic carbocycles. The molecule has 11 rings (SSSR count). The highest BCUT2D eigenvalue weighted by atomic mass is 32.1. The molecule has 0 aliphatic rings. The van der Waals surface area contributed by atoms with Crippen LogP contribution in [0.15, 0.2) is 237 Å². The molecule has 0 atom stereocenters. The highest BCUT2D eigenvalue weighted by Crippen LogP contribution is 2.44. The zero-order valence-corrected chi connectivity index (χ0v) is 33.7. The van der Waals surface area contributed by atoms with Gasteiger partial charge in [-0.3, -0.25) is 0 Å². The fourth-order valence-electron chi connectivity index (χ4n) is 8.74. The first-order chi connectivity index (χ1) is 29.7. The third-order valence-corrected chi connectivity index (χ3v) is 12.9. The Labute approximate surface area is 354 Å². The maximum Gasteiger partial charge on any atom is 0.0540 e. The van der Waals surface area contributed by atoms with Gasteiger partial charge in [-0.2, -0.15) is 0 Å². The highest BCUT2D eigenvalue weighted by Gasteiger charge is 2.19. The van der Waals surface area contributed by atoms with Crippen LogP contribution in [0.4, 0.5) is 17.1 Å². The average Bonchev–Trinajstić information content (AvgIpc) is 3.71. The summed E-state index contributed by atoms with van der Waals surface area (Å²) in [5, 5.41) is 5.11. The van der Waals surface area contributed by atoms with Crippen LogP contribution >= 0.6 is 11.3 Å². The third kappa shape index (κ3) is 6.54. The van der Waals surface area contributed by atoms with Crippen molar-refractivity contribution in [2.45, 2.75) is 0 Å². The molecule has 282 valence electrons. The van der Waals surface area contributed by atoms with Gasteiger partial charge in [-0.05, 0) is 109 Å². The summed E-state index contributed by atoms with van der Waals surface area (Å²) >= 11 is 1.86. The summed E-state index contributed by atoms with van der Waals surface area (Å²) in [4.78, 5) is 2.41. The van der Waals surface area contributed by atoms with Gasteiger partial charge in [0.1, 0.15) is 0 Å². The zero-order chi connectivity index (χ0) is 39.8. The van der Waals surface area contributed by atoms with Crippen LogP contribution in [-0.2, 0) is 0 Å². The second-order valence-corrected chi connectivity index (χ2v) is 16.4. The van der Waals surface area contributed by atoms with Crippen LogP contribution in [0.3, 0.4) is 0 Å². The minimum Gasteiger partial charge on any atom is -0.310 e. The van der Waals surface area contributed by atoms with E-state index in [0.717, 1.165) is 17.1 Å². The van der Waals surface area contributed by atoms with E-state index in [1.54, 1.807) is 0 Å². The standard InChI is InChI=1S/C58H39NS/c1-2-13-40(14-3-1)41-25-27-42(28-26-41)43-29-34-47(35-30-43)59(56-23-10-8-19-51(56)46-33-38-58-55(39-46)54-21-9-11-24-57(54)60-58)48-36-31-45(32-37-48)50-18-6-7-20-52(50)53-22-12-16-44-15-4-5-17-49(44)53/h1-39H. The van der Waals surface area contributed by atoms with Crippen LogP contribution in [0.1, 0.15) is 0 Å². The second kappa shape index (κ2) is 15.3. The molecule has 0 aliphatic heterocycles. The molecule has 0 spiro atoms. The lowest BCUT2D eigenvalue weighted by Gasteiger charge is -2.28. The van der Waals surface area contributed by atoms with E-state index in [1.165, 1.54) is 86.6 Å². The number of rotatable bonds is 8. The molecule has 1 heterocycles. The number of thiophene rings is 1.